The molecule has 0 radical (unpaired) electrons. The minimum absolute atomic E-state index is 0.324. The molecule has 0 amide bonds. The Bertz CT molecular complexity index is 528. The third-order valence-corrected chi connectivity index (χ3v) is 4.57. The maximum atomic E-state index is 12.4. The molecule has 0 saturated carbocycles. The molecule has 2 N–H and O–H groups in total. The van der Waals surface area contributed by atoms with E-state index < -0.39 is 0 Å². The molecular weight excluding hydrogens is 309 g/mol. The summed E-state index contributed by atoms with van der Waals surface area (Å²) in [4.78, 5) is 7.07. The normalized spacial score (nSPS) is 19.0. The number of likely N-dealkylation sites (tertiary alicyclic amines) is 1. The lowest BCUT2D eigenvalue weighted by molar-refractivity contribution is 0.267. The minimum Gasteiger partial charge on any atom is -0.356 e. The van der Waals surface area contributed by atoms with Gasteiger partial charge in [-0.3, -0.25) is 9.29 Å². The molecule has 2 heterocycles. The highest BCUT2D eigenvalue weighted by Gasteiger charge is 2.22. The van der Waals surface area contributed by atoms with E-state index in [0.29, 0.717) is 31.5 Å². The van der Waals surface area contributed by atoms with Gasteiger partial charge in [0.1, 0.15) is 12.4 Å². The Labute approximate surface area is 143 Å². The topological polar surface area (TPSA) is 70.4 Å². The summed E-state index contributed by atoms with van der Waals surface area (Å²) in [5.41, 5.74) is 0. The fraction of sp³-hybridized carbons (Fsp3) is 0.812. The summed E-state index contributed by atoms with van der Waals surface area (Å²) in [6, 6.07) is 0.542. The molecular formula is C16H30FN7. The van der Waals surface area contributed by atoms with Crippen LogP contribution in [0.15, 0.2) is 4.99 Å². The maximum absolute atomic E-state index is 12.4. The molecule has 24 heavy (non-hydrogen) atoms. The summed E-state index contributed by atoms with van der Waals surface area (Å²) in [6.45, 7) is 7.91. The van der Waals surface area contributed by atoms with E-state index in [0.717, 1.165) is 24.7 Å². The van der Waals surface area contributed by atoms with Crippen LogP contribution in [0.4, 0.5) is 4.39 Å². The second-order valence-corrected chi connectivity index (χ2v) is 6.16. The highest BCUT2D eigenvalue weighted by atomic mass is 19.1. The van der Waals surface area contributed by atoms with Gasteiger partial charge in [-0.05, 0) is 39.3 Å². The molecule has 1 saturated heterocycles. The number of nitrogens with one attached hydrogen (secondary N) is 2. The predicted octanol–water partition coefficient (Wildman–Crippen LogP) is 1.00. The SMILES string of the molecule is CCN1CCCC1CNC(=NCc1nnc(C)n1C)NCCCF. The largest absolute Gasteiger partial charge is 0.356 e. The molecule has 0 aliphatic carbocycles. The number of hydrogen-bond donors (Lipinski definition) is 2. The zero-order valence-electron chi connectivity index (χ0n) is 15.1. The van der Waals surface area contributed by atoms with E-state index in [-0.39, 0.29) is 6.67 Å². The van der Waals surface area contributed by atoms with Crippen molar-refractivity contribution in [3.8, 4) is 0 Å². The average molecular weight is 339 g/mol. The molecule has 1 unspecified atom stereocenters. The van der Waals surface area contributed by atoms with Crippen molar-refractivity contribution in [3.63, 3.8) is 0 Å². The van der Waals surface area contributed by atoms with E-state index in [4.69, 9.17) is 0 Å². The number of nitrogens with zero attached hydrogens (tertiary/aromatic N) is 5. The van der Waals surface area contributed by atoms with Gasteiger partial charge in [0.25, 0.3) is 0 Å². The summed E-state index contributed by atoms with van der Waals surface area (Å²) in [6.07, 6.45) is 2.94. The van der Waals surface area contributed by atoms with Gasteiger partial charge in [-0.25, -0.2) is 4.99 Å². The first-order chi connectivity index (χ1) is 11.7. The van der Waals surface area contributed by atoms with Crippen molar-refractivity contribution in [3.05, 3.63) is 11.6 Å². The van der Waals surface area contributed by atoms with Crippen molar-refractivity contribution in [1.82, 2.24) is 30.3 Å². The van der Waals surface area contributed by atoms with Crippen LogP contribution in [0.2, 0.25) is 0 Å². The third kappa shape index (κ3) is 5.15. The van der Waals surface area contributed by atoms with Crippen molar-refractivity contribution >= 4 is 5.96 Å². The van der Waals surface area contributed by atoms with E-state index in [1.807, 2.05) is 18.5 Å². The standard InChI is InChI=1S/C16H30FN7/c1-4-24-10-5-7-14(24)11-19-16(18-9-6-8-17)20-12-15-22-21-13(2)23(15)3/h14H,4-12H2,1-3H3,(H2,18,19,20). The van der Waals surface area contributed by atoms with Gasteiger partial charge in [-0.2, -0.15) is 0 Å². The van der Waals surface area contributed by atoms with Gasteiger partial charge >= 0.3 is 0 Å². The average Bonchev–Trinajstić information content (AvgIpc) is 3.17. The number of alkyl halides is 1. The quantitative estimate of drug-likeness (QED) is 0.420. The molecule has 0 bridgehead atoms. The number of aryl methyl sites for hydroxylation is 1. The fourth-order valence-corrected chi connectivity index (χ4v) is 2.94. The highest BCUT2D eigenvalue weighted by molar-refractivity contribution is 5.79. The predicted molar refractivity (Wildman–Crippen MR) is 93.7 cm³/mol. The van der Waals surface area contributed by atoms with Gasteiger partial charge in [0.15, 0.2) is 11.8 Å². The molecule has 136 valence electrons. The van der Waals surface area contributed by atoms with Crippen LogP contribution in [0, 0.1) is 6.92 Å². The van der Waals surface area contributed by atoms with Gasteiger partial charge in [-0.1, -0.05) is 6.92 Å². The first-order valence-corrected chi connectivity index (χ1v) is 8.82. The Morgan fingerprint density at radius 3 is 2.88 bits per heavy atom. The second-order valence-electron chi connectivity index (χ2n) is 6.16. The zero-order valence-corrected chi connectivity index (χ0v) is 15.1. The number of rotatable bonds is 8. The lowest BCUT2D eigenvalue weighted by atomic mass is 10.2. The van der Waals surface area contributed by atoms with Gasteiger partial charge < -0.3 is 15.2 Å². The summed E-state index contributed by atoms with van der Waals surface area (Å²) < 4.78 is 14.3. The van der Waals surface area contributed by atoms with Gasteiger partial charge in [0, 0.05) is 26.2 Å². The molecule has 1 aliphatic heterocycles. The number of guanidine groups is 1. The van der Waals surface area contributed by atoms with Crippen LogP contribution in [0.1, 0.15) is 37.8 Å². The smallest absolute Gasteiger partial charge is 0.191 e. The van der Waals surface area contributed by atoms with Crippen LogP contribution in [0.3, 0.4) is 0 Å². The Morgan fingerprint density at radius 1 is 1.38 bits per heavy atom. The molecule has 7 nitrogen and oxygen atoms in total. The Balaban J connectivity index is 1.92. The van der Waals surface area contributed by atoms with Crippen molar-refractivity contribution < 1.29 is 4.39 Å². The first kappa shape index (κ1) is 18.6. The van der Waals surface area contributed by atoms with Crippen molar-refractivity contribution in [2.75, 3.05) is 32.9 Å². The molecule has 1 atom stereocenters. The number of hydrogen-bond acceptors (Lipinski definition) is 4. The van der Waals surface area contributed by atoms with E-state index in [9.17, 15) is 4.39 Å². The molecule has 0 aromatic carbocycles. The van der Waals surface area contributed by atoms with E-state index in [1.165, 1.54) is 19.4 Å². The van der Waals surface area contributed by atoms with Crippen LogP contribution in [-0.4, -0.2) is 64.5 Å². The van der Waals surface area contributed by atoms with Crippen LogP contribution in [-0.2, 0) is 13.6 Å². The third-order valence-electron chi connectivity index (χ3n) is 4.57. The Hall–Kier alpha value is -1.70. The molecule has 1 aromatic heterocycles. The maximum Gasteiger partial charge on any atom is 0.191 e. The molecule has 1 aromatic rings. The van der Waals surface area contributed by atoms with Crippen LogP contribution in [0.25, 0.3) is 0 Å². The van der Waals surface area contributed by atoms with E-state index >= 15 is 0 Å². The molecule has 2 rings (SSSR count). The van der Waals surface area contributed by atoms with Gasteiger partial charge in [0.2, 0.25) is 0 Å². The molecule has 0 spiro atoms. The first-order valence-electron chi connectivity index (χ1n) is 8.82. The summed E-state index contributed by atoms with van der Waals surface area (Å²) >= 11 is 0. The van der Waals surface area contributed by atoms with Crippen LogP contribution >= 0.6 is 0 Å². The van der Waals surface area contributed by atoms with E-state index in [2.05, 4.69) is 37.6 Å². The van der Waals surface area contributed by atoms with Crippen LogP contribution < -0.4 is 10.6 Å². The number of aliphatic imine (C=N–C) groups is 1. The summed E-state index contributed by atoms with van der Waals surface area (Å²) in [5, 5.41) is 14.8. The lowest BCUT2D eigenvalue weighted by Crippen LogP contribution is -2.45. The van der Waals surface area contributed by atoms with Crippen LogP contribution in [0.5, 0.6) is 0 Å². The number of likely N-dealkylation sites (N-methyl/N-ethyl adjacent to an activating group) is 1. The highest BCUT2D eigenvalue weighted by Crippen LogP contribution is 2.15. The summed E-state index contributed by atoms with van der Waals surface area (Å²) in [7, 11) is 1.93. The van der Waals surface area contributed by atoms with E-state index in [1.54, 1.807) is 0 Å². The molecule has 1 aliphatic rings. The van der Waals surface area contributed by atoms with Gasteiger partial charge in [0.05, 0.1) is 6.67 Å². The number of aromatic nitrogens is 3. The van der Waals surface area contributed by atoms with Crippen molar-refractivity contribution in [2.45, 2.75) is 45.7 Å². The zero-order chi connectivity index (χ0) is 17.4. The minimum atomic E-state index is -0.324. The second kappa shape index (κ2) is 9.56. The number of halogens is 1. The molecule has 8 heteroatoms. The van der Waals surface area contributed by atoms with Gasteiger partial charge in [-0.15, -0.1) is 10.2 Å². The Kier molecular flexibility index (Phi) is 7.42. The van der Waals surface area contributed by atoms with Crippen molar-refractivity contribution in [2.24, 2.45) is 12.0 Å². The fourth-order valence-electron chi connectivity index (χ4n) is 2.94. The Morgan fingerprint density at radius 2 is 2.21 bits per heavy atom. The lowest BCUT2D eigenvalue weighted by Gasteiger charge is -2.24. The monoisotopic (exact) mass is 339 g/mol. The molecule has 1 fully saturated rings. The summed E-state index contributed by atoms with van der Waals surface area (Å²) in [5.74, 6) is 2.40. The van der Waals surface area contributed by atoms with Crippen molar-refractivity contribution in [1.29, 1.82) is 0 Å².